The molecule has 0 heterocycles. The van der Waals surface area contributed by atoms with Crippen LogP contribution in [0.2, 0.25) is 0 Å². The first-order valence-corrected chi connectivity index (χ1v) is 5.53. The standard InChI is InChI=1S/C12H27NO/c1-8-12(6,7)14-10(9(2)13)11(3,4)5/h9-10H,8,13H2,1-7H3. The first kappa shape index (κ1) is 13.9. The van der Waals surface area contributed by atoms with E-state index in [2.05, 4.69) is 41.5 Å². The minimum atomic E-state index is -0.0778. The molecule has 0 saturated heterocycles. The van der Waals surface area contributed by atoms with Crippen LogP contribution in [0.15, 0.2) is 0 Å². The molecule has 0 rings (SSSR count). The summed E-state index contributed by atoms with van der Waals surface area (Å²) in [6.45, 7) is 14.9. The Morgan fingerprint density at radius 2 is 1.57 bits per heavy atom. The summed E-state index contributed by atoms with van der Waals surface area (Å²) in [4.78, 5) is 0. The average Bonchev–Trinajstić information content (AvgIpc) is 1.98. The molecule has 0 aliphatic rings. The molecule has 0 aromatic heterocycles. The fourth-order valence-corrected chi connectivity index (χ4v) is 1.50. The smallest absolute Gasteiger partial charge is 0.0778 e. The van der Waals surface area contributed by atoms with Crippen LogP contribution in [-0.4, -0.2) is 17.7 Å². The number of ether oxygens (including phenoxy) is 1. The highest BCUT2D eigenvalue weighted by Gasteiger charge is 2.33. The zero-order valence-electron chi connectivity index (χ0n) is 10.8. The van der Waals surface area contributed by atoms with Crippen molar-refractivity contribution in [1.82, 2.24) is 0 Å². The molecule has 0 radical (unpaired) electrons. The van der Waals surface area contributed by atoms with Crippen molar-refractivity contribution in [3.05, 3.63) is 0 Å². The van der Waals surface area contributed by atoms with Crippen LogP contribution in [-0.2, 0) is 4.74 Å². The Balaban J connectivity index is 4.55. The fraction of sp³-hybridized carbons (Fsp3) is 1.00. The zero-order chi connectivity index (χ0) is 11.6. The fourth-order valence-electron chi connectivity index (χ4n) is 1.50. The van der Waals surface area contributed by atoms with Gasteiger partial charge >= 0.3 is 0 Å². The normalized spacial score (nSPS) is 18.0. The van der Waals surface area contributed by atoms with Gasteiger partial charge in [0, 0.05) is 6.04 Å². The van der Waals surface area contributed by atoms with E-state index in [1.165, 1.54) is 0 Å². The summed E-state index contributed by atoms with van der Waals surface area (Å²) in [6, 6.07) is 0.0702. The first-order chi connectivity index (χ1) is 6.10. The van der Waals surface area contributed by atoms with E-state index in [0.717, 1.165) is 6.42 Å². The van der Waals surface area contributed by atoms with E-state index >= 15 is 0 Å². The van der Waals surface area contributed by atoms with Gasteiger partial charge < -0.3 is 10.5 Å². The van der Waals surface area contributed by atoms with Crippen LogP contribution < -0.4 is 5.73 Å². The van der Waals surface area contributed by atoms with Gasteiger partial charge in [-0.3, -0.25) is 0 Å². The largest absolute Gasteiger partial charge is 0.370 e. The van der Waals surface area contributed by atoms with E-state index in [1.807, 2.05) is 6.92 Å². The summed E-state index contributed by atoms with van der Waals surface area (Å²) in [5.41, 5.74) is 5.98. The molecular weight excluding hydrogens is 174 g/mol. The molecule has 0 aliphatic carbocycles. The SMILES string of the molecule is CCC(C)(C)OC(C(C)N)C(C)(C)C. The van der Waals surface area contributed by atoms with E-state index < -0.39 is 0 Å². The predicted octanol–water partition coefficient (Wildman–Crippen LogP) is 2.95. The molecule has 0 spiro atoms. The number of hydrogen-bond acceptors (Lipinski definition) is 2. The van der Waals surface area contributed by atoms with E-state index in [0.29, 0.717) is 0 Å². The van der Waals surface area contributed by atoms with Crippen molar-refractivity contribution in [2.45, 2.75) is 72.6 Å². The molecule has 2 N–H and O–H groups in total. The van der Waals surface area contributed by atoms with Crippen molar-refractivity contribution in [3.8, 4) is 0 Å². The maximum atomic E-state index is 6.09. The third-order valence-corrected chi connectivity index (χ3v) is 2.63. The lowest BCUT2D eigenvalue weighted by Gasteiger charge is -2.39. The van der Waals surface area contributed by atoms with Crippen molar-refractivity contribution < 1.29 is 4.74 Å². The molecule has 14 heavy (non-hydrogen) atoms. The zero-order valence-corrected chi connectivity index (χ0v) is 10.8. The van der Waals surface area contributed by atoms with E-state index in [4.69, 9.17) is 10.5 Å². The van der Waals surface area contributed by atoms with Gasteiger partial charge in [0.25, 0.3) is 0 Å². The number of hydrogen-bond donors (Lipinski definition) is 1. The second-order valence-corrected chi connectivity index (χ2v) is 5.88. The number of rotatable bonds is 4. The predicted molar refractivity (Wildman–Crippen MR) is 62.3 cm³/mol. The van der Waals surface area contributed by atoms with Crippen molar-refractivity contribution in [1.29, 1.82) is 0 Å². The van der Waals surface area contributed by atoms with E-state index in [9.17, 15) is 0 Å². The molecule has 0 aromatic carbocycles. The topological polar surface area (TPSA) is 35.2 Å². The Bertz CT molecular complexity index is 168. The summed E-state index contributed by atoms with van der Waals surface area (Å²) in [5, 5.41) is 0. The molecule has 0 aliphatic heterocycles. The maximum Gasteiger partial charge on any atom is 0.0778 e. The Morgan fingerprint density at radius 3 is 1.79 bits per heavy atom. The monoisotopic (exact) mass is 201 g/mol. The van der Waals surface area contributed by atoms with Crippen molar-refractivity contribution in [3.63, 3.8) is 0 Å². The lowest BCUT2D eigenvalue weighted by Crippen LogP contribution is -2.47. The Labute approximate surface area is 89.2 Å². The Morgan fingerprint density at radius 1 is 1.14 bits per heavy atom. The molecule has 2 atom stereocenters. The molecule has 2 nitrogen and oxygen atoms in total. The minimum Gasteiger partial charge on any atom is -0.370 e. The van der Waals surface area contributed by atoms with Gasteiger partial charge in [0.15, 0.2) is 0 Å². The summed E-state index contributed by atoms with van der Waals surface area (Å²) in [7, 11) is 0. The quantitative estimate of drug-likeness (QED) is 0.759. The van der Waals surface area contributed by atoms with Crippen LogP contribution in [0.4, 0.5) is 0 Å². The van der Waals surface area contributed by atoms with Gasteiger partial charge in [-0.2, -0.15) is 0 Å². The van der Waals surface area contributed by atoms with Crippen LogP contribution in [0.3, 0.4) is 0 Å². The van der Waals surface area contributed by atoms with Crippen LogP contribution >= 0.6 is 0 Å². The summed E-state index contributed by atoms with van der Waals surface area (Å²) in [5.74, 6) is 0. The lowest BCUT2D eigenvalue weighted by molar-refractivity contribution is -0.123. The highest BCUT2D eigenvalue weighted by Crippen LogP contribution is 2.29. The van der Waals surface area contributed by atoms with Crippen LogP contribution in [0, 0.1) is 5.41 Å². The molecular formula is C12H27NO. The molecule has 86 valence electrons. The molecule has 0 saturated carbocycles. The molecule has 0 amide bonds. The van der Waals surface area contributed by atoms with Gasteiger partial charge in [0.2, 0.25) is 0 Å². The lowest BCUT2D eigenvalue weighted by atomic mass is 9.84. The molecule has 0 fully saturated rings. The van der Waals surface area contributed by atoms with Gasteiger partial charge in [0.1, 0.15) is 0 Å². The van der Waals surface area contributed by atoms with Gasteiger partial charge in [-0.05, 0) is 32.6 Å². The van der Waals surface area contributed by atoms with E-state index in [1.54, 1.807) is 0 Å². The van der Waals surface area contributed by atoms with Gasteiger partial charge in [0.05, 0.1) is 11.7 Å². The third kappa shape index (κ3) is 4.43. The summed E-state index contributed by atoms with van der Waals surface area (Å²) < 4.78 is 6.09. The van der Waals surface area contributed by atoms with Crippen LogP contribution in [0.1, 0.15) is 54.9 Å². The van der Waals surface area contributed by atoms with E-state index in [-0.39, 0.29) is 23.2 Å². The van der Waals surface area contributed by atoms with Gasteiger partial charge in [-0.25, -0.2) is 0 Å². The molecule has 0 bridgehead atoms. The minimum absolute atomic E-state index is 0.0702. The highest BCUT2D eigenvalue weighted by atomic mass is 16.5. The molecule has 2 heteroatoms. The van der Waals surface area contributed by atoms with Gasteiger partial charge in [-0.1, -0.05) is 27.7 Å². The van der Waals surface area contributed by atoms with Crippen molar-refractivity contribution >= 4 is 0 Å². The van der Waals surface area contributed by atoms with Gasteiger partial charge in [-0.15, -0.1) is 0 Å². The molecule has 0 aromatic rings. The Hall–Kier alpha value is -0.0800. The average molecular weight is 201 g/mol. The summed E-state index contributed by atoms with van der Waals surface area (Å²) >= 11 is 0. The summed E-state index contributed by atoms with van der Waals surface area (Å²) in [6.07, 6.45) is 1.11. The first-order valence-electron chi connectivity index (χ1n) is 5.53. The highest BCUT2D eigenvalue weighted by molar-refractivity contribution is 4.84. The van der Waals surface area contributed by atoms with Crippen molar-refractivity contribution in [2.75, 3.05) is 0 Å². The third-order valence-electron chi connectivity index (χ3n) is 2.63. The Kier molecular flexibility index (Phi) is 4.60. The van der Waals surface area contributed by atoms with Crippen LogP contribution in [0.25, 0.3) is 0 Å². The second-order valence-electron chi connectivity index (χ2n) is 5.88. The van der Waals surface area contributed by atoms with Crippen LogP contribution in [0.5, 0.6) is 0 Å². The molecule has 2 unspecified atom stereocenters. The maximum absolute atomic E-state index is 6.09. The van der Waals surface area contributed by atoms with Crippen molar-refractivity contribution in [2.24, 2.45) is 11.1 Å². The second kappa shape index (κ2) is 4.63. The number of nitrogens with two attached hydrogens (primary N) is 1.